The molecule has 0 amide bonds. The average molecular weight is 377 g/mol. The lowest BCUT2D eigenvalue weighted by atomic mass is 9.54. The maximum absolute atomic E-state index is 12.4. The van der Waals surface area contributed by atoms with Crippen LogP contribution in [0.2, 0.25) is 5.31 Å². The highest BCUT2D eigenvalue weighted by atomic mass is 79.9. The summed E-state index contributed by atoms with van der Waals surface area (Å²) in [6.07, 6.45) is 0.255. The molecule has 0 radical (unpaired) electrons. The van der Waals surface area contributed by atoms with E-state index in [0.29, 0.717) is 0 Å². The second-order valence-electron chi connectivity index (χ2n) is 5.06. The van der Waals surface area contributed by atoms with E-state index in [9.17, 15) is 23.2 Å². The second kappa shape index (κ2) is 6.19. The van der Waals surface area contributed by atoms with E-state index in [1.165, 1.54) is 12.2 Å². The Morgan fingerprint density at radius 2 is 1.59 bits per heavy atom. The smallest absolute Gasteiger partial charge is 0.426 e. The molecule has 0 aliphatic heterocycles. The van der Waals surface area contributed by atoms with Crippen molar-refractivity contribution in [2.45, 2.75) is 22.6 Å². The normalized spacial score (nSPS) is 27.9. The first kappa shape index (κ1) is 17.3. The molecule has 8 heteroatoms. The molecule has 0 saturated carbocycles. The number of rotatable bonds is 4. The van der Waals surface area contributed by atoms with Crippen LogP contribution in [0.4, 0.5) is 13.2 Å². The van der Waals surface area contributed by atoms with Crippen molar-refractivity contribution in [2.24, 2.45) is 0 Å². The van der Waals surface area contributed by atoms with Crippen LogP contribution in [0.15, 0.2) is 54.6 Å². The van der Waals surface area contributed by atoms with Crippen LogP contribution in [0.25, 0.3) is 0 Å². The Labute approximate surface area is 134 Å². The minimum atomic E-state index is -4.82. The molecule has 0 unspecified atom stereocenters. The van der Waals surface area contributed by atoms with Crippen molar-refractivity contribution in [3.05, 3.63) is 60.2 Å². The van der Waals surface area contributed by atoms with Gasteiger partial charge in [-0.25, -0.2) is 0 Å². The zero-order valence-electron chi connectivity index (χ0n) is 11.3. The molecule has 0 heterocycles. The Morgan fingerprint density at radius 1 is 1.05 bits per heavy atom. The van der Waals surface area contributed by atoms with Crippen LogP contribution < -0.4 is 0 Å². The molecule has 0 bridgehead atoms. The molecule has 0 saturated heterocycles. The van der Waals surface area contributed by atoms with Gasteiger partial charge in [0.1, 0.15) is 0 Å². The molecular formula is C14H13BBrF3O3. The molecule has 118 valence electrons. The van der Waals surface area contributed by atoms with Gasteiger partial charge in [0.15, 0.2) is 4.51 Å². The molecule has 0 aromatic heterocycles. The molecule has 1 aliphatic rings. The van der Waals surface area contributed by atoms with Gasteiger partial charge in [-0.2, -0.15) is 0 Å². The molecule has 0 atom stereocenters. The van der Waals surface area contributed by atoms with Crippen LogP contribution in [0.3, 0.4) is 0 Å². The van der Waals surface area contributed by atoms with Crippen LogP contribution in [0.5, 0.6) is 0 Å². The quantitative estimate of drug-likeness (QED) is 0.482. The number of benzene rings is 1. The fraction of sp³-hybridized carbons (Fsp3) is 0.286. The summed E-state index contributed by atoms with van der Waals surface area (Å²) in [4.78, 5) is 0. The Morgan fingerprint density at radius 3 is 2.05 bits per heavy atom. The molecule has 22 heavy (non-hydrogen) atoms. The van der Waals surface area contributed by atoms with E-state index in [1.807, 2.05) is 6.07 Å². The lowest BCUT2D eigenvalue weighted by Crippen LogP contribution is -2.37. The summed E-state index contributed by atoms with van der Waals surface area (Å²) in [5, 5.41) is 18.1. The molecule has 1 aromatic rings. The Hall–Kier alpha value is -1.09. The fourth-order valence-corrected chi connectivity index (χ4v) is 2.67. The summed E-state index contributed by atoms with van der Waals surface area (Å²) in [6.45, 7) is 0. The van der Waals surface area contributed by atoms with Crippen LogP contribution >= 0.6 is 15.9 Å². The van der Waals surface area contributed by atoms with Gasteiger partial charge in [0.25, 0.3) is 0 Å². The molecule has 3 nitrogen and oxygen atoms in total. The minimum Gasteiger partial charge on any atom is -0.426 e. The molecule has 2 N–H and O–H groups in total. The standard InChI is InChI=1S/C14H13BBrF3O3/c16-13(22-14(17,18)19)8-6-12(7-9-13,15(20)21)10-11-4-2-1-3-5-11/h1-9,20-21H,10H2. The largest absolute Gasteiger partial charge is 0.524 e. The molecule has 1 aliphatic carbocycles. The number of halogens is 4. The third kappa shape index (κ3) is 4.22. The number of allylic oxidation sites excluding steroid dienone is 2. The minimum absolute atomic E-state index is 0.230. The van der Waals surface area contributed by atoms with Crippen LogP contribution in [0.1, 0.15) is 5.56 Å². The van der Waals surface area contributed by atoms with Crippen molar-refractivity contribution in [1.29, 1.82) is 0 Å². The highest BCUT2D eigenvalue weighted by Crippen LogP contribution is 2.44. The third-order valence-corrected chi connectivity index (χ3v) is 4.04. The van der Waals surface area contributed by atoms with Gasteiger partial charge in [0.2, 0.25) is 0 Å². The summed E-state index contributed by atoms with van der Waals surface area (Å²) in [7, 11) is -1.76. The van der Waals surface area contributed by atoms with E-state index in [-0.39, 0.29) is 6.42 Å². The first-order chi connectivity index (χ1) is 10.1. The topological polar surface area (TPSA) is 49.7 Å². The highest BCUT2D eigenvalue weighted by molar-refractivity contribution is 9.10. The summed E-state index contributed by atoms with van der Waals surface area (Å²) >= 11 is 2.84. The summed E-state index contributed by atoms with van der Waals surface area (Å²) in [5.74, 6) is 0. The summed E-state index contributed by atoms with van der Waals surface area (Å²) in [5.41, 5.74) is 0.823. The molecule has 1 aromatic carbocycles. The Balaban J connectivity index is 2.24. The van der Waals surface area contributed by atoms with E-state index >= 15 is 0 Å². The molecule has 0 spiro atoms. The van der Waals surface area contributed by atoms with Gasteiger partial charge in [-0.1, -0.05) is 42.5 Å². The maximum atomic E-state index is 12.4. The summed E-state index contributed by atoms with van der Waals surface area (Å²) < 4.78 is 39.2. The monoisotopic (exact) mass is 376 g/mol. The second-order valence-corrected chi connectivity index (χ2v) is 6.30. The SMILES string of the molecule is OB(O)C1(Cc2ccccc2)C=CC(Br)(OC(F)(F)F)C=C1. The number of hydrogen-bond acceptors (Lipinski definition) is 3. The molecule has 0 fully saturated rings. The van der Waals surface area contributed by atoms with Crippen LogP contribution in [0, 0.1) is 0 Å². The lowest BCUT2D eigenvalue weighted by molar-refractivity contribution is -0.335. The molecular weight excluding hydrogens is 364 g/mol. The van der Waals surface area contributed by atoms with Gasteiger partial charge >= 0.3 is 13.5 Å². The van der Waals surface area contributed by atoms with Gasteiger partial charge in [-0.3, -0.25) is 4.74 Å². The van der Waals surface area contributed by atoms with Crippen LogP contribution in [-0.2, 0) is 11.2 Å². The predicted octanol–water partition coefficient (Wildman–Crippen LogP) is 3.20. The van der Waals surface area contributed by atoms with Crippen molar-refractivity contribution >= 4 is 23.0 Å². The van der Waals surface area contributed by atoms with E-state index in [0.717, 1.165) is 17.7 Å². The van der Waals surface area contributed by atoms with E-state index in [2.05, 4.69) is 20.7 Å². The Bertz CT molecular complexity index is 558. The Kier molecular flexibility index (Phi) is 4.86. The highest BCUT2D eigenvalue weighted by Gasteiger charge is 2.45. The van der Waals surface area contributed by atoms with Crippen molar-refractivity contribution in [3.63, 3.8) is 0 Å². The van der Waals surface area contributed by atoms with E-state index < -0.39 is 23.3 Å². The number of hydrogen-bond donors (Lipinski definition) is 2. The first-order valence-electron chi connectivity index (χ1n) is 6.41. The van der Waals surface area contributed by atoms with E-state index in [1.54, 1.807) is 24.3 Å². The summed E-state index contributed by atoms with van der Waals surface area (Å²) in [6, 6.07) is 9.01. The predicted molar refractivity (Wildman–Crippen MR) is 80.1 cm³/mol. The van der Waals surface area contributed by atoms with Gasteiger partial charge < -0.3 is 10.0 Å². The number of ether oxygens (including phenoxy) is 1. The first-order valence-corrected chi connectivity index (χ1v) is 7.20. The molecule has 2 rings (SSSR count). The van der Waals surface area contributed by atoms with Crippen molar-refractivity contribution in [1.82, 2.24) is 0 Å². The fourth-order valence-electron chi connectivity index (χ4n) is 2.22. The van der Waals surface area contributed by atoms with Crippen molar-refractivity contribution in [3.8, 4) is 0 Å². The van der Waals surface area contributed by atoms with Gasteiger partial charge in [-0.05, 0) is 40.1 Å². The third-order valence-electron chi connectivity index (χ3n) is 3.35. The van der Waals surface area contributed by atoms with E-state index in [4.69, 9.17) is 0 Å². The lowest BCUT2D eigenvalue weighted by Gasteiger charge is -2.33. The zero-order chi connectivity index (χ0) is 16.4. The van der Waals surface area contributed by atoms with Crippen molar-refractivity contribution < 1.29 is 28.0 Å². The van der Waals surface area contributed by atoms with Gasteiger partial charge in [0.05, 0.1) is 0 Å². The average Bonchev–Trinajstić information content (AvgIpc) is 2.41. The van der Waals surface area contributed by atoms with Crippen molar-refractivity contribution in [2.75, 3.05) is 0 Å². The maximum Gasteiger partial charge on any atom is 0.524 e. The van der Waals surface area contributed by atoms with Crippen LogP contribution in [-0.4, -0.2) is 28.0 Å². The van der Waals surface area contributed by atoms with Gasteiger partial charge in [0, 0.05) is 5.31 Å². The number of alkyl halides is 4. The van der Waals surface area contributed by atoms with Gasteiger partial charge in [-0.15, -0.1) is 13.2 Å². The zero-order valence-corrected chi connectivity index (χ0v) is 12.9.